The highest BCUT2D eigenvalue weighted by atomic mass is 32.2. The van der Waals surface area contributed by atoms with Crippen LogP contribution in [-0.4, -0.2) is 26.5 Å². The van der Waals surface area contributed by atoms with Gasteiger partial charge in [0.15, 0.2) is 0 Å². The second kappa shape index (κ2) is 8.53. The number of halogens is 5. The zero-order valence-corrected chi connectivity index (χ0v) is 16.6. The van der Waals surface area contributed by atoms with Gasteiger partial charge in [-0.15, -0.1) is 0 Å². The van der Waals surface area contributed by atoms with Crippen molar-refractivity contribution in [3.05, 3.63) is 71.1 Å². The zero-order valence-electron chi connectivity index (χ0n) is 15.8. The summed E-state index contributed by atoms with van der Waals surface area (Å²) >= 11 is 0. The van der Waals surface area contributed by atoms with Crippen molar-refractivity contribution in [2.75, 3.05) is 6.26 Å². The van der Waals surface area contributed by atoms with E-state index < -0.39 is 39.3 Å². The molecule has 1 atom stereocenters. The number of alkyl halides is 3. The van der Waals surface area contributed by atoms with E-state index in [4.69, 9.17) is 0 Å². The maximum absolute atomic E-state index is 13.7. The van der Waals surface area contributed by atoms with Gasteiger partial charge >= 0.3 is 12.1 Å². The molecular weight excluding hydrogens is 445 g/mol. The zero-order chi connectivity index (χ0) is 22.8. The fourth-order valence-corrected chi connectivity index (χ4v) is 3.98. The van der Waals surface area contributed by atoms with Crippen LogP contribution < -0.4 is 0 Å². The van der Waals surface area contributed by atoms with Crippen LogP contribution in [0.5, 0.6) is 0 Å². The molecule has 0 aliphatic carbocycles. The fourth-order valence-electron chi connectivity index (χ4n) is 2.61. The van der Waals surface area contributed by atoms with Crippen molar-refractivity contribution in [1.29, 1.82) is 0 Å². The number of benzene rings is 2. The minimum absolute atomic E-state index is 0.0341. The smallest absolute Gasteiger partial charge is 0.329 e. The van der Waals surface area contributed by atoms with E-state index >= 15 is 0 Å². The Bertz CT molecular complexity index is 1230. The van der Waals surface area contributed by atoms with E-state index in [0.29, 0.717) is 11.6 Å². The normalized spacial score (nSPS) is 13.6. The highest BCUT2D eigenvalue weighted by molar-refractivity contribution is 7.92. The first-order valence-electron chi connectivity index (χ1n) is 8.60. The third-order valence-electron chi connectivity index (χ3n) is 3.97. The van der Waals surface area contributed by atoms with Crippen LogP contribution in [0.2, 0.25) is 0 Å². The highest BCUT2D eigenvalue weighted by Crippen LogP contribution is 2.29. The van der Waals surface area contributed by atoms with Gasteiger partial charge in [0.2, 0.25) is 5.82 Å². The van der Waals surface area contributed by atoms with Crippen LogP contribution in [0.1, 0.15) is 17.0 Å². The number of amides is 1. The lowest BCUT2D eigenvalue weighted by molar-refractivity contribution is -0.159. The molecule has 0 saturated carbocycles. The number of carbonyl (C=O) groups is 1. The third kappa shape index (κ3) is 5.94. The predicted molar refractivity (Wildman–Crippen MR) is 100 cm³/mol. The number of hydrogen-bond donors (Lipinski definition) is 0. The molecule has 31 heavy (non-hydrogen) atoms. The minimum Gasteiger partial charge on any atom is -0.329 e. The van der Waals surface area contributed by atoms with Crippen LogP contribution in [0.15, 0.2) is 51.4 Å². The molecule has 1 aromatic heterocycles. The van der Waals surface area contributed by atoms with Gasteiger partial charge in [0.05, 0.1) is 21.9 Å². The monoisotopic (exact) mass is 459 g/mol. The van der Waals surface area contributed by atoms with E-state index in [0.717, 1.165) is 12.1 Å². The summed E-state index contributed by atoms with van der Waals surface area (Å²) in [5.41, 5.74) is 0.645. The minimum atomic E-state index is -4.76. The number of aromatic nitrogens is 2. The molecule has 0 aliphatic rings. The Morgan fingerprint density at radius 3 is 2.39 bits per heavy atom. The molecule has 0 saturated heterocycles. The maximum Gasteiger partial charge on any atom is 0.471 e. The van der Waals surface area contributed by atoms with Crippen LogP contribution >= 0.6 is 0 Å². The van der Waals surface area contributed by atoms with E-state index in [1.54, 1.807) is 0 Å². The van der Waals surface area contributed by atoms with Gasteiger partial charge in [-0.05, 0) is 11.6 Å². The van der Waals surface area contributed by atoms with Crippen molar-refractivity contribution in [3.63, 3.8) is 0 Å². The molecule has 0 aliphatic heterocycles. The lowest BCUT2D eigenvalue weighted by Gasteiger charge is -2.06. The molecule has 1 unspecified atom stereocenters. The molecule has 2 aromatic carbocycles. The molecule has 0 radical (unpaired) electrons. The van der Waals surface area contributed by atoms with Gasteiger partial charge in [0.1, 0.15) is 11.6 Å². The summed E-state index contributed by atoms with van der Waals surface area (Å²) in [6.45, 7) is 0. The van der Waals surface area contributed by atoms with Crippen molar-refractivity contribution in [3.8, 4) is 11.4 Å². The SMILES string of the molecule is CS(=O)(Cc1ccc(F)cc1F)=NC(=O)Cc1ccc(-c2noc(C(F)(F)F)n2)cc1. The molecule has 1 amide bonds. The summed E-state index contributed by atoms with van der Waals surface area (Å²) in [4.78, 5) is 15.4. The van der Waals surface area contributed by atoms with Gasteiger partial charge < -0.3 is 4.52 Å². The fraction of sp³-hybridized carbons (Fsp3) is 0.211. The molecule has 12 heteroatoms. The number of nitrogens with zero attached hydrogens (tertiary/aromatic N) is 3. The summed E-state index contributed by atoms with van der Waals surface area (Å²) in [5.74, 6) is -4.52. The Morgan fingerprint density at radius 1 is 1.13 bits per heavy atom. The molecule has 0 N–H and O–H groups in total. The van der Waals surface area contributed by atoms with Crippen molar-refractivity contribution in [2.45, 2.75) is 18.3 Å². The van der Waals surface area contributed by atoms with Crippen LogP contribution in [0.25, 0.3) is 11.4 Å². The number of rotatable bonds is 5. The van der Waals surface area contributed by atoms with E-state index in [1.165, 1.54) is 30.5 Å². The van der Waals surface area contributed by atoms with Crippen molar-refractivity contribution < 1.29 is 35.5 Å². The molecular formula is C19H14F5N3O3S. The van der Waals surface area contributed by atoms with E-state index in [-0.39, 0.29) is 29.1 Å². The van der Waals surface area contributed by atoms with Gasteiger partial charge in [-0.25, -0.2) is 13.0 Å². The van der Waals surface area contributed by atoms with E-state index in [1.807, 2.05) is 0 Å². The van der Waals surface area contributed by atoms with Gasteiger partial charge in [0, 0.05) is 23.4 Å². The molecule has 0 spiro atoms. The molecule has 164 valence electrons. The quantitative estimate of drug-likeness (QED) is 0.528. The first-order chi connectivity index (χ1) is 14.4. The standard InChI is InChI=1S/C19H14F5N3O3S/c1-31(29,10-13-6-7-14(20)9-15(13)21)27-16(28)8-11-2-4-12(5-3-11)17-25-18(30-26-17)19(22,23)24/h2-7,9H,8,10H2,1H3. The second-order valence-corrected chi connectivity index (χ2v) is 9.01. The first-order valence-corrected chi connectivity index (χ1v) is 10.7. The maximum atomic E-state index is 13.7. The summed E-state index contributed by atoms with van der Waals surface area (Å²) < 4.78 is 84.7. The molecule has 1 heterocycles. The third-order valence-corrected chi connectivity index (χ3v) is 5.41. The van der Waals surface area contributed by atoms with Gasteiger partial charge in [-0.2, -0.15) is 22.5 Å². The molecule has 0 fully saturated rings. The van der Waals surface area contributed by atoms with Crippen molar-refractivity contribution in [1.82, 2.24) is 10.1 Å². The molecule has 0 bridgehead atoms. The van der Waals surface area contributed by atoms with Crippen LogP contribution in [0, 0.1) is 11.6 Å². The van der Waals surface area contributed by atoms with Crippen LogP contribution in [-0.2, 0) is 32.9 Å². The first kappa shape index (κ1) is 22.5. The largest absolute Gasteiger partial charge is 0.471 e. The summed E-state index contributed by atoms with van der Waals surface area (Å²) in [5, 5.41) is 3.26. The van der Waals surface area contributed by atoms with E-state index in [9.17, 15) is 31.0 Å². The van der Waals surface area contributed by atoms with Crippen LogP contribution in [0.4, 0.5) is 22.0 Å². The van der Waals surface area contributed by atoms with Crippen molar-refractivity contribution in [2.24, 2.45) is 4.36 Å². The average molecular weight is 459 g/mol. The molecule has 3 rings (SSSR count). The van der Waals surface area contributed by atoms with Gasteiger partial charge in [0.25, 0.3) is 5.91 Å². The summed E-state index contributed by atoms with van der Waals surface area (Å²) in [6, 6.07) is 8.48. The summed E-state index contributed by atoms with van der Waals surface area (Å²) in [6.07, 6.45) is -3.81. The van der Waals surface area contributed by atoms with Crippen molar-refractivity contribution >= 4 is 15.6 Å². The van der Waals surface area contributed by atoms with Gasteiger partial charge in [-0.3, -0.25) is 4.79 Å². The Balaban J connectivity index is 1.70. The average Bonchev–Trinajstić information content (AvgIpc) is 3.15. The number of carbonyl (C=O) groups excluding carboxylic acids is 1. The van der Waals surface area contributed by atoms with E-state index in [2.05, 4.69) is 19.0 Å². The lowest BCUT2D eigenvalue weighted by Crippen LogP contribution is -2.09. The Hall–Kier alpha value is -3.15. The molecule has 6 nitrogen and oxygen atoms in total. The van der Waals surface area contributed by atoms with Gasteiger partial charge in [-0.1, -0.05) is 35.5 Å². The Labute approximate surface area is 173 Å². The predicted octanol–water partition coefficient (Wildman–Crippen LogP) is 4.40. The van der Waals surface area contributed by atoms with Crippen LogP contribution in [0.3, 0.4) is 0 Å². The highest BCUT2D eigenvalue weighted by Gasteiger charge is 2.38. The summed E-state index contributed by atoms with van der Waals surface area (Å²) in [7, 11) is -3.13. The topological polar surface area (TPSA) is 85.4 Å². The Morgan fingerprint density at radius 2 is 1.81 bits per heavy atom. The second-order valence-electron chi connectivity index (χ2n) is 6.62. The molecule has 3 aromatic rings. The lowest BCUT2D eigenvalue weighted by atomic mass is 10.1. The number of hydrogen-bond acceptors (Lipinski definition) is 5. The Kier molecular flexibility index (Phi) is 6.20.